The Morgan fingerprint density at radius 1 is 1.44 bits per heavy atom. The summed E-state index contributed by atoms with van der Waals surface area (Å²) in [4.78, 5) is 4.18. The first kappa shape index (κ1) is 10.9. The van der Waals surface area contributed by atoms with Crippen LogP contribution in [0.1, 0.15) is 5.56 Å². The van der Waals surface area contributed by atoms with Crippen molar-refractivity contribution in [3.05, 3.63) is 29.8 Å². The van der Waals surface area contributed by atoms with E-state index in [2.05, 4.69) is 4.99 Å². The molecule has 0 spiro atoms. The van der Waals surface area contributed by atoms with Gasteiger partial charge in [0.05, 0.1) is 6.61 Å². The van der Waals surface area contributed by atoms with Crippen LogP contribution >= 0.6 is 0 Å². The van der Waals surface area contributed by atoms with Gasteiger partial charge >= 0.3 is 0 Å². The second-order valence-electron chi connectivity index (χ2n) is 3.89. The summed E-state index contributed by atoms with van der Waals surface area (Å²) in [5, 5.41) is 0. The molecule has 1 aromatic rings. The second-order valence-corrected chi connectivity index (χ2v) is 3.89. The van der Waals surface area contributed by atoms with Crippen LogP contribution in [0.5, 0.6) is 0 Å². The SMILES string of the molecule is NC1=N[C@](CF)(c2cccc(N)c2)COC1. The van der Waals surface area contributed by atoms with Crippen LogP contribution in [0.4, 0.5) is 10.1 Å². The Morgan fingerprint density at radius 2 is 2.25 bits per heavy atom. The third kappa shape index (κ3) is 1.86. The van der Waals surface area contributed by atoms with Crippen LogP contribution in [-0.4, -0.2) is 25.7 Å². The molecule has 0 aliphatic carbocycles. The summed E-state index contributed by atoms with van der Waals surface area (Å²) in [7, 11) is 0. The molecule has 16 heavy (non-hydrogen) atoms. The minimum absolute atomic E-state index is 0.188. The number of aliphatic imine (C=N–C) groups is 1. The summed E-state index contributed by atoms with van der Waals surface area (Å²) in [5.74, 6) is 0.311. The topological polar surface area (TPSA) is 73.6 Å². The standard InChI is InChI=1S/C11H14FN3O/c12-6-11(7-16-5-10(14)15-11)8-2-1-3-9(13)4-8/h1-4H,5-7,13H2,(H2,14,15)/t11-/m0/s1. The van der Waals surface area contributed by atoms with Gasteiger partial charge in [-0.05, 0) is 17.7 Å². The average Bonchev–Trinajstić information content (AvgIpc) is 2.29. The number of hydrogen-bond acceptors (Lipinski definition) is 4. The van der Waals surface area contributed by atoms with Crippen molar-refractivity contribution in [1.82, 2.24) is 0 Å². The van der Waals surface area contributed by atoms with Gasteiger partial charge in [0, 0.05) is 5.69 Å². The lowest BCUT2D eigenvalue weighted by Crippen LogP contribution is -2.41. The van der Waals surface area contributed by atoms with Crippen LogP contribution < -0.4 is 11.5 Å². The molecule has 2 rings (SSSR count). The van der Waals surface area contributed by atoms with E-state index < -0.39 is 12.2 Å². The van der Waals surface area contributed by atoms with Crippen molar-refractivity contribution in [3.8, 4) is 0 Å². The molecule has 1 aliphatic heterocycles. The van der Waals surface area contributed by atoms with Gasteiger partial charge in [0.1, 0.15) is 24.7 Å². The number of alkyl halides is 1. The number of rotatable bonds is 2. The maximum absolute atomic E-state index is 13.2. The first-order valence-corrected chi connectivity index (χ1v) is 5.00. The molecule has 1 atom stereocenters. The quantitative estimate of drug-likeness (QED) is 0.729. The molecule has 0 aromatic heterocycles. The number of halogens is 1. The van der Waals surface area contributed by atoms with Crippen molar-refractivity contribution < 1.29 is 9.13 Å². The van der Waals surface area contributed by atoms with Crippen molar-refractivity contribution in [3.63, 3.8) is 0 Å². The number of ether oxygens (including phenoxy) is 1. The largest absolute Gasteiger partial charge is 0.399 e. The summed E-state index contributed by atoms with van der Waals surface area (Å²) in [5.41, 5.74) is 11.5. The van der Waals surface area contributed by atoms with Crippen molar-refractivity contribution in [2.75, 3.05) is 25.6 Å². The number of nitrogens with zero attached hydrogens (tertiary/aromatic N) is 1. The summed E-state index contributed by atoms with van der Waals surface area (Å²) in [6.45, 7) is -0.213. The maximum atomic E-state index is 13.2. The van der Waals surface area contributed by atoms with Crippen molar-refractivity contribution in [2.24, 2.45) is 10.7 Å². The van der Waals surface area contributed by atoms with Gasteiger partial charge in [-0.2, -0.15) is 0 Å². The fourth-order valence-corrected chi connectivity index (χ4v) is 1.79. The Labute approximate surface area is 93.1 Å². The van der Waals surface area contributed by atoms with Gasteiger partial charge in [-0.3, -0.25) is 4.99 Å². The van der Waals surface area contributed by atoms with Crippen LogP contribution in [0.3, 0.4) is 0 Å². The maximum Gasteiger partial charge on any atom is 0.139 e. The second kappa shape index (κ2) is 4.09. The van der Waals surface area contributed by atoms with Crippen LogP contribution in [0.2, 0.25) is 0 Å². The fraction of sp³-hybridized carbons (Fsp3) is 0.364. The Kier molecular flexibility index (Phi) is 2.78. The molecule has 86 valence electrons. The molecule has 4 N–H and O–H groups in total. The molecule has 1 aromatic carbocycles. The summed E-state index contributed by atoms with van der Waals surface area (Å²) < 4.78 is 18.5. The van der Waals surface area contributed by atoms with E-state index in [-0.39, 0.29) is 13.2 Å². The lowest BCUT2D eigenvalue weighted by atomic mass is 9.91. The molecule has 1 heterocycles. The van der Waals surface area contributed by atoms with E-state index in [1.807, 2.05) is 0 Å². The Hall–Kier alpha value is -1.62. The zero-order chi connectivity index (χ0) is 11.6. The number of amidine groups is 1. The minimum atomic E-state index is -1.03. The monoisotopic (exact) mass is 223 g/mol. The number of anilines is 1. The molecule has 0 unspecified atom stereocenters. The van der Waals surface area contributed by atoms with E-state index >= 15 is 0 Å². The van der Waals surface area contributed by atoms with E-state index in [1.165, 1.54) is 0 Å². The molecule has 0 amide bonds. The highest BCUT2D eigenvalue weighted by molar-refractivity contribution is 5.82. The highest BCUT2D eigenvalue weighted by atomic mass is 19.1. The average molecular weight is 223 g/mol. The number of hydrogen-bond donors (Lipinski definition) is 2. The van der Waals surface area contributed by atoms with Crippen molar-refractivity contribution in [1.29, 1.82) is 0 Å². The van der Waals surface area contributed by atoms with Gasteiger partial charge in [-0.25, -0.2) is 4.39 Å². The van der Waals surface area contributed by atoms with E-state index in [0.29, 0.717) is 17.1 Å². The molecular weight excluding hydrogens is 209 g/mol. The highest BCUT2D eigenvalue weighted by Crippen LogP contribution is 2.30. The third-order valence-electron chi connectivity index (χ3n) is 2.59. The number of benzene rings is 1. The van der Waals surface area contributed by atoms with Crippen molar-refractivity contribution in [2.45, 2.75) is 5.54 Å². The van der Waals surface area contributed by atoms with E-state index in [0.717, 1.165) is 0 Å². The lowest BCUT2D eigenvalue weighted by Gasteiger charge is -2.31. The van der Waals surface area contributed by atoms with E-state index in [9.17, 15) is 4.39 Å². The normalized spacial score (nSPS) is 25.2. The number of nitrogens with two attached hydrogens (primary N) is 2. The zero-order valence-corrected chi connectivity index (χ0v) is 8.82. The molecule has 4 nitrogen and oxygen atoms in total. The first-order valence-electron chi connectivity index (χ1n) is 5.00. The molecule has 5 heteroatoms. The van der Waals surface area contributed by atoms with Crippen molar-refractivity contribution >= 4 is 11.5 Å². The predicted octanol–water partition coefficient (Wildman–Crippen LogP) is 0.821. The summed E-state index contributed by atoms with van der Waals surface area (Å²) in [6.07, 6.45) is 0. The molecule has 0 saturated heterocycles. The lowest BCUT2D eigenvalue weighted by molar-refractivity contribution is 0.0828. The van der Waals surface area contributed by atoms with Gasteiger partial charge < -0.3 is 16.2 Å². The summed E-state index contributed by atoms with van der Waals surface area (Å²) in [6, 6.07) is 6.99. The first-order chi connectivity index (χ1) is 7.66. The van der Waals surface area contributed by atoms with Gasteiger partial charge in [0.25, 0.3) is 0 Å². The fourth-order valence-electron chi connectivity index (χ4n) is 1.79. The molecule has 0 radical (unpaired) electrons. The predicted molar refractivity (Wildman–Crippen MR) is 60.9 cm³/mol. The Morgan fingerprint density at radius 3 is 2.88 bits per heavy atom. The summed E-state index contributed by atoms with van der Waals surface area (Å²) >= 11 is 0. The molecule has 0 saturated carbocycles. The molecular formula is C11H14FN3O. The minimum Gasteiger partial charge on any atom is -0.399 e. The molecule has 0 fully saturated rings. The van der Waals surface area contributed by atoms with Gasteiger partial charge in [0.2, 0.25) is 0 Å². The van der Waals surface area contributed by atoms with Gasteiger partial charge in [0.15, 0.2) is 0 Å². The van der Waals surface area contributed by atoms with Gasteiger partial charge in [-0.1, -0.05) is 12.1 Å². The zero-order valence-electron chi connectivity index (χ0n) is 8.82. The van der Waals surface area contributed by atoms with Crippen LogP contribution in [-0.2, 0) is 10.3 Å². The highest BCUT2D eigenvalue weighted by Gasteiger charge is 2.35. The molecule has 1 aliphatic rings. The Bertz CT molecular complexity index is 421. The van der Waals surface area contributed by atoms with E-state index in [4.69, 9.17) is 16.2 Å². The van der Waals surface area contributed by atoms with Crippen LogP contribution in [0.25, 0.3) is 0 Å². The van der Waals surface area contributed by atoms with Gasteiger partial charge in [-0.15, -0.1) is 0 Å². The molecule has 0 bridgehead atoms. The van der Waals surface area contributed by atoms with Crippen LogP contribution in [0, 0.1) is 0 Å². The smallest absolute Gasteiger partial charge is 0.139 e. The third-order valence-corrected chi connectivity index (χ3v) is 2.59. The van der Waals surface area contributed by atoms with Crippen LogP contribution in [0.15, 0.2) is 29.3 Å². The number of nitrogen functional groups attached to an aromatic ring is 1. The Balaban J connectivity index is 2.45. The van der Waals surface area contributed by atoms with E-state index in [1.54, 1.807) is 24.3 Å².